The van der Waals surface area contributed by atoms with Gasteiger partial charge in [-0.05, 0) is 6.08 Å². The molecule has 2 aliphatic heterocycles. The van der Waals surface area contributed by atoms with Crippen LogP contribution in [0.3, 0.4) is 0 Å². The largest absolute Gasteiger partial charge is 0.477 e. The van der Waals surface area contributed by atoms with Crippen LogP contribution >= 0.6 is 0 Å². The Bertz CT molecular complexity index is 717. The third-order valence-electron chi connectivity index (χ3n) is 3.22. The first-order chi connectivity index (χ1) is 10.2. The van der Waals surface area contributed by atoms with E-state index in [1.54, 1.807) is 0 Å². The predicted octanol–water partition coefficient (Wildman–Crippen LogP) is -1.60. The lowest BCUT2D eigenvalue weighted by Gasteiger charge is -2.45. The summed E-state index contributed by atoms with van der Waals surface area (Å²) >= 11 is 0. The van der Waals surface area contributed by atoms with Crippen molar-refractivity contribution in [2.24, 2.45) is 0 Å². The maximum atomic E-state index is 12.2. The van der Waals surface area contributed by atoms with Crippen LogP contribution < -0.4 is 0 Å². The summed E-state index contributed by atoms with van der Waals surface area (Å²) in [6.45, 7) is 0.0388. The molecule has 2 rings (SSSR count). The summed E-state index contributed by atoms with van der Waals surface area (Å²) in [7, 11) is -3.88. The molecule has 1 amide bonds. The summed E-state index contributed by atoms with van der Waals surface area (Å²) in [4.78, 5) is 34.8. The number of nitrogens with zero attached hydrogens (tertiary/aromatic N) is 1. The SMILES string of the molecule is CC(=O)OCC1=C(C(=O)O)N2C(=O)/C(=C/CO)[C@H]2S(=O)(=O)C1. The second-order valence-corrected chi connectivity index (χ2v) is 6.78. The third-order valence-corrected chi connectivity index (χ3v) is 5.12. The number of aliphatic hydroxyl groups is 1. The minimum Gasteiger partial charge on any atom is -0.477 e. The number of carbonyl (C=O) groups is 3. The molecule has 9 nitrogen and oxygen atoms in total. The van der Waals surface area contributed by atoms with Gasteiger partial charge in [0.15, 0.2) is 15.2 Å². The number of carboxylic acids is 1. The highest BCUT2D eigenvalue weighted by molar-refractivity contribution is 7.92. The molecule has 2 N–H and O–H groups in total. The number of β-lactam (4-membered cyclic amide) rings is 1. The highest BCUT2D eigenvalue weighted by Gasteiger charge is 2.56. The van der Waals surface area contributed by atoms with Crippen molar-refractivity contribution < 1.29 is 37.8 Å². The minimum absolute atomic E-state index is 0.159. The van der Waals surface area contributed by atoms with Crippen LogP contribution in [0.5, 0.6) is 0 Å². The number of hydrogen-bond acceptors (Lipinski definition) is 7. The van der Waals surface area contributed by atoms with E-state index in [2.05, 4.69) is 4.74 Å². The fourth-order valence-electron chi connectivity index (χ4n) is 2.40. The zero-order valence-electron chi connectivity index (χ0n) is 11.5. The van der Waals surface area contributed by atoms with E-state index in [0.717, 1.165) is 13.0 Å². The summed E-state index contributed by atoms with van der Waals surface area (Å²) in [5, 5.41) is 16.7. The standard InChI is InChI=1S/C12H13NO8S/c1-6(15)21-4-7-5-22(19,20)11-8(2-3-14)10(16)13(11)9(7)12(17)18/h2,11,14H,3-5H2,1H3,(H,17,18)/b8-2-/t11-/m1/s1. The fraction of sp³-hybridized carbons (Fsp3) is 0.417. The molecule has 1 saturated heterocycles. The topological polar surface area (TPSA) is 138 Å². The van der Waals surface area contributed by atoms with Crippen LogP contribution in [-0.4, -0.2) is 65.7 Å². The van der Waals surface area contributed by atoms with E-state index in [9.17, 15) is 27.9 Å². The number of rotatable bonds is 4. The van der Waals surface area contributed by atoms with Crippen LogP contribution in [0, 0.1) is 0 Å². The lowest BCUT2D eigenvalue weighted by atomic mass is 10.0. The van der Waals surface area contributed by atoms with Gasteiger partial charge in [0.25, 0.3) is 5.91 Å². The second kappa shape index (κ2) is 5.54. The van der Waals surface area contributed by atoms with Gasteiger partial charge >= 0.3 is 11.9 Å². The first kappa shape index (κ1) is 16.2. The highest BCUT2D eigenvalue weighted by atomic mass is 32.2. The summed E-state index contributed by atoms with van der Waals surface area (Å²) in [5.74, 6) is -3.63. The zero-order chi connectivity index (χ0) is 16.7. The Labute approximate surface area is 125 Å². The summed E-state index contributed by atoms with van der Waals surface area (Å²) in [5.41, 5.74) is -0.829. The van der Waals surface area contributed by atoms with Crippen molar-refractivity contribution in [1.82, 2.24) is 4.90 Å². The molecule has 0 unspecified atom stereocenters. The summed E-state index contributed by atoms with van der Waals surface area (Å²) in [6.07, 6.45) is 1.04. The Morgan fingerprint density at radius 2 is 2.09 bits per heavy atom. The van der Waals surface area contributed by atoms with E-state index < -0.39 is 57.7 Å². The predicted molar refractivity (Wildman–Crippen MR) is 70.9 cm³/mol. The normalized spacial score (nSPS) is 24.8. The van der Waals surface area contributed by atoms with Crippen molar-refractivity contribution in [2.45, 2.75) is 12.3 Å². The van der Waals surface area contributed by atoms with Gasteiger partial charge in [-0.1, -0.05) is 0 Å². The van der Waals surface area contributed by atoms with E-state index in [1.165, 1.54) is 0 Å². The van der Waals surface area contributed by atoms with Crippen molar-refractivity contribution in [3.63, 3.8) is 0 Å². The van der Waals surface area contributed by atoms with Gasteiger partial charge in [0, 0.05) is 12.5 Å². The molecule has 0 radical (unpaired) electrons. The van der Waals surface area contributed by atoms with Crippen molar-refractivity contribution >= 4 is 27.7 Å². The van der Waals surface area contributed by atoms with E-state index in [0.29, 0.717) is 4.90 Å². The van der Waals surface area contributed by atoms with Gasteiger partial charge in [0.2, 0.25) is 0 Å². The molecule has 1 atom stereocenters. The van der Waals surface area contributed by atoms with E-state index in [-0.39, 0.29) is 11.1 Å². The summed E-state index contributed by atoms with van der Waals surface area (Å²) < 4.78 is 29.1. The van der Waals surface area contributed by atoms with Gasteiger partial charge in [-0.3, -0.25) is 14.5 Å². The molecule has 10 heteroatoms. The Balaban J connectivity index is 2.50. The van der Waals surface area contributed by atoms with Crippen molar-refractivity contribution in [3.05, 3.63) is 22.9 Å². The van der Waals surface area contributed by atoms with Crippen LogP contribution in [0.25, 0.3) is 0 Å². The van der Waals surface area contributed by atoms with Crippen LogP contribution in [0.15, 0.2) is 22.9 Å². The Morgan fingerprint density at radius 1 is 1.45 bits per heavy atom. The number of fused-ring (bicyclic) bond motifs is 1. The monoisotopic (exact) mass is 331 g/mol. The Kier molecular flexibility index (Phi) is 4.07. The van der Waals surface area contributed by atoms with Crippen LogP contribution in [0.1, 0.15) is 6.92 Å². The smallest absolute Gasteiger partial charge is 0.352 e. The highest BCUT2D eigenvalue weighted by Crippen LogP contribution is 2.39. The third kappa shape index (κ3) is 2.50. The van der Waals surface area contributed by atoms with E-state index in [1.807, 2.05) is 0 Å². The Hall–Kier alpha value is -2.20. The van der Waals surface area contributed by atoms with Gasteiger partial charge in [0.05, 0.1) is 17.9 Å². The van der Waals surface area contributed by atoms with Gasteiger partial charge < -0.3 is 14.9 Å². The number of sulfone groups is 1. The molecular formula is C12H13NO8S. The molecule has 2 heterocycles. The molecular weight excluding hydrogens is 318 g/mol. The fourth-order valence-corrected chi connectivity index (χ4v) is 4.37. The lowest BCUT2D eigenvalue weighted by molar-refractivity contribution is -0.143. The number of carboxylic acid groups (broad SMARTS) is 1. The van der Waals surface area contributed by atoms with Gasteiger partial charge in [-0.2, -0.15) is 0 Å². The molecule has 0 saturated carbocycles. The average molecular weight is 331 g/mol. The molecule has 0 aromatic rings. The maximum Gasteiger partial charge on any atom is 0.352 e. The number of aliphatic hydroxyl groups excluding tert-OH is 1. The maximum absolute atomic E-state index is 12.2. The van der Waals surface area contributed by atoms with E-state index in [4.69, 9.17) is 5.11 Å². The lowest BCUT2D eigenvalue weighted by Crippen LogP contribution is -2.62. The van der Waals surface area contributed by atoms with Crippen LogP contribution in [0.2, 0.25) is 0 Å². The van der Waals surface area contributed by atoms with Gasteiger partial charge in [0.1, 0.15) is 12.3 Å². The number of amides is 1. The number of esters is 1. The minimum atomic E-state index is -3.88. The van der Waals surface area contributed by atoms with Crippen molar-refractivity contribution in [2.75, 3.05) is 19.0 Å². The number of ether oxygens (including phenoxy) is 1. The first-order valence-corrected chi connectivity index (χ1v) is 7.87. The van der Waals surface area contributed by atoms with E-state index >= 15 is 0 Å². The molecule has 120 valence electrons. The first-order valence-electron chi connectivity index (χ1n) is 6.15. The Morgan fingerprint density at radius 3 is 2.59 bits per heavy atom. The molecule has 0 aromatic carbocycles. The molecule has 2 aliphatic rings. The molecule has 22 heavy (non-hydrogen) atoms. The molecule has 0 aliphatic carbocycles. The number of aliphatic carboxylic acids is 1. The van der Waals surface area contributed by atoms with Gasteiger partial charge in [-0.15, -0.1) is 0 Å². The molecule has 0 bridgehead atoms. The number of carbonyl (C=O) groups excluding carboxylic acids is 2. The average Bonchev–Trinajstić information content (AvgIpc) is 2.40. The molecule has 0 spiro atoms. The van der Waals surface area contributed by atoms with Crippen LogP contribution in [-0.2, 0) is 29.0 Å². The van der Waals surface area contributed by atoms with Crippen molar-refractivity contribution in [1.29, 1.82) is 0 Å². The molecule has 1 fully saturated rings. The quantitative estimate of drug-likeness (QED) is 0.357. The number of hydrogen-bond donors (Lipinski definition) is 2. The van der Waals surface area contributed by atoms with Crippen LogP contribution in [0.4, 0.5) is 0 Å². The zero-order valence-corrected chi connectivity index (χ0v) is 12.3. The van der Waals surface area contributed by atoms with Crippen molar-refractivity contribution in [3.8, 4) is 0 Å². The summed E-state index contributed by atoms with van der Waals surface area (Å²) in [6, 6.07) is 0. The second-order valence-electron chi connectivity index (χ2n) is 4.71. The van der Waals surface area contributed by atoms with Gasteiger partial charge in [-0.25, -0.2) is 13.2 Å². The molecule has 0 aromatic heterocycles.